The van der Waals surface area contributed by atoms with Gasteiger partial charge in [0.25, 0.3) is 0 Å². The number of carbonyl (C=O) groups is 1. The summed E-state index contributed by atoms with van der Waals surface area (Å²) in [6.07, 6.45) is 3.93. The normalized spacial score (nSPS) is 22.4. The van der Waals surface area contributed by atoms with E-state index in [0.717, 1.165) is 12.1 Å². The fourth-order valence-corrected chi connectivity index (χ4v) is 3.32. The largest absolute Gasteiger partial charge is 0.356 e. The summed E-state index contributed by atoms with van der Waals surface area (Å²) < 4.78 is 0. The molecule has 0 heterocycles. The molecule has 4 heteroatoms. The van der Waals surface area contributed by atoms with Gasteiger partial charge in [-0.2, -0.15) is 0 Å². The molecule has 1 aliphatic carbocycles. The van der Waals surface area contributed by atoms with E-state index in [1.54, 1.807) is 0 Å². The molecule has 2 unspecified atom stereocenters. The Balaban J connectivity index is 1.80. The van der Waals surface area contributed by atoms with Gasteiger partial charge in [-0.15, -0.1) is 11.6 Å². The van der Waals surface area contributed by atoms with Crippen LogP contribution in [0, 0.1) is 11.8 Å². The van der Waals surface area contributed by atoms with Crippen LogP contribution in [0.15, 0.2) is 24.3 Å². The van der Waals surface area contributed by atoms with E-state index in [2.05, 4.69) is 5.32 Å². The van der Waals surface area contributed by atoms with Crippen LogP contribution in [0.3, 0.4) is 0 Å². The number of amides is 1. The van der Waals surface area contributed by atoms with Crippen molar-refractivity contribution in [3.63, 3.8) is 0 Å². The van der Waals surface area contributed by atoms with E-state index in [0.29, 0.717) is 29.2 Å². The van der Waals surface area contributed by atoms with Crippen LogP contribution in [0.4, 0.5) is 0 Å². The van der Waals surface area contributed by atoms with E-state index in [1.807, 2.05) is 24.3 Å². The van der Waals surface area contributed by atoms with E-state index < -0.39 is 0 Å². The molecule has 1 N–H and O–H groups in total. The number of alkyl halides is 1. The van der Waals surface area contributed by atoms with Crippen LogP contribution < -0.4 is 5.32 Å². The lowest BCUT2D eigenvalue weighted by molar-refractivity contribution is -0.120. The lowest BCUT2D eigenvalue weighted by atomic mass is 9.98. The standard InChI is InChI=1S/C15H19Cl2NO/c16-9-12-5-3-6-13(12)10-18-15(19)8-11-4-1-2-7-14(11)17/h1-2,4,7,12-13H,3,5-6,8-10H2,(H,18,19). The summed E-state index contributed by atoms with van der Waals surface area (Å²) in [7, 11) is 0. The first-order valence-electron chi connectivity index (χ1n) is 6.76. The first-order valence-corrected chi connectivity index (χ1v) is 7.68. The predicted molar refractivity (Wildman–Crippen MR) is 79.7 cm³/mol. The molecular weight excluding hydrogens is 281 g/mol. The molecule has 1 fully saturated rings. The number of halogens is 2. The maximum absolute atomic E-state index is 11.9. The third-order valence-electron chi connectivity index (χ3n) is 3.88. The van der Waals surface area contributed by atoms with Gasteiger partial charge >= 0.3 is 0 Å². The Morgan fingerprint density at radius 2 is 2.00 bits per heavy atom. The van der Waals surface area contributed by atoms with Crippen molar-refractivity contribution in [2.45, 2.75) is 25.7 Å². The van der Waals surface area contributed by atoms with Crippen molar-refractivity contribution >= 4 is 29.1 Å². The zero-order chi connectivity index (χ0) is 13.7. The number of rotatable bonds is 5. The molecule has 1 aromatic rings. The van der Waals surface area contributed by atoms with Crippen LogP contribution in [0.25, 0.3) is 0 Å². The average molecular weight is 300 g/mol. The van der Waals surface area contributed by atoms with Crippen molar-refractivity contribution in [1.82, 2.24) is 5.32 Å². The van der Waals surface area contributed by atoms with Gasteiger partial charge in [0.05, 0.1) is 6.42 Å². The van der Waals surface area contributed by atoms with Gasteiger partial charge in [-0.3, -0.25) is 4.79 Å². The molecule has 2 rings (SSSR count). The van der Waals surface area contributed by atoms with E-state index in [-0.39, 0.29) is 5.91 Å². The summed E-state index contributed by atoms with van der Waals surface area (Å²) in [5.41, 5.74) is 0.877. The molecule has 1 amide bonds. The van der Waals surface area contributed by atoms with Crippen LogP contribution in [0.2, 0.25) is 5.02 Å². The fraction of sp³-hybridized carbons (Fsp3) is 0.533. The molecule has 0 aromatic heterocycles. The summed E-state index contributed by atoms with van der Waals surface area (Å²) in [5.74, 6) is 1.83. The van der Waals surface area contributed by atoms with Gasteiger partial charge in [-0.05, 0) is 36.3 Å². The second-order valence-electron chi connectivity index (χ2n) is 5.18. The van der Waals surface area contributed by atoms with Gasteiger partial charge in [0.15, 0.2) is 0 Å². The molecule has 2 atom stereocenters. The Kier molecular flexibility index (Phi) is 5.53. The molecular formula is C15H19Cl2NO. The van der Waals surface area contributed by atoms with Crippen molar-refractivity contribution in [2.75, 3.05) is 12.4 Å². The number of nitrogens with one attached hydrogen (secondary N) is 1. The number of hydrogen-bond acceptors (Lipinski definition) is 1. The molecule has 1 saturated carbocycles. The molecule has 0 spiro atoms. The number of benzene rings is 1. The van der Waals surface area contributed by atoms with E-state index in [4.69, 9.17) is 23.2 Å². The molecule has 104 valence electrons. The minimum Gasteiger partial charge on any atom is -0.356 e. The van der Waals surface area contributed by atoms with Gasteiger partial charge < -0.3 is 5.32 Å². The summed E-state index contributed by atoms with van der Waals surface area (Å²) in [6, 6.07) is 7.46. The predicted octanol–water partition coefficient (Wildman–Crippen LogP) is 3.65. The highest BCUT2D eigenvalue weighted by Gasteiger charge is 2.26. The lowest BCUT2D eigenvalue weighted by Gasteiger charge is -2.17. The van der Waals surface area contributed by atoms with Crippen LogP contribution >= 0.6 is 23.2 Å². The van der Waals surface area contributed by atoms with Crippen LogP contribution in [-0.4, -0.2) is 18.3 Å². The maximum atomic E-state index is 11.9. The van der Waals surface area contributed by atoms with Gasteiger partial charge in [-0.25, -0.2) is 0 Å². The molecule has 19 heavy (non-hydrogen) atoms. The first-order chi connectivity index (χ1) is 9.20. The zero-order valence-corrected chi connectivity index (χ0v) is 12.4. The molecule has 1 aliphatic rings. The Morgan fingerprint density at radius 1 is 1.26 bits per heavy atom. The Morgan fingerprint density at radius 3 is 2.74 bits per heavy atom. The van der Waals surface area contributed by atoms with Crippen LogP contribution in [0.5, 0.6) is 0 Å². The molecule has 0 radical (unpaired) electrons. The highest BCUT2D eigenvalue weighted by Crippen LogP contribution is 2.31. The molecule has 0 bridgehead atoms. The molecule has 1 aromatic carbocycles. The Hall–Kier alpha value is -0.730. The number of carbonyl (C=O) groups excluding carboxylic acids is 1. The highest BCUT2D eigenvalue weighted by atomic mass is 35.5. The highest BCUT2D eigenvalue weighted by molar-refractivity contribution is 6.31. The minimum atomic E-state index is 0.0355. The SMILES string of the molecule is O=C(Cc1ccccc1Cl)NCC1CCCC1CCl. The van der Waals surface area contributed by atoms with Gasteiger partial charge in [-0.1, -0.05) is 36.2 Å². The van der Waals surface area contributed by atoms with Crippen molar-refractivity contribution in [2.24, 2.45) is 11.8 Å². The first kappa shape index (κ1) is 14.7. The molecule has 0 saturated heterocycles. The average Bonchev–Trinajstić information content (AvgIpc) is 2.86. The van der Waals surface area contributed by atoms with Crippen molar-refractivity contribution in [3.8, 4) is 0 Å². The fourth-order valence-electron chi connectivity index (χ4n) is 2.71. The Labute approximate surface area is 124 Å². The van der Waals surface area contributed by atoms with Crippen molar-refractivity contribution in [1.29, 1.82) is 0 Å². The number of hydrogen-bond donors (Lipinski definition) is 1. The lowest BCUT2D eigenvalue weighted by Crippen LogP contribution is -2.32. The van der Waals surface area contributed by atoms with E-state index in [9.17, 15) is 4.79 Å². The third-order valence-corrected chi connectivity index (χ3v) is 4.65. The zero-order valence-electron chi connectivity index (χ0n) is 10.9. The van der Waals surface area contributed by atoms with E-state index >= 15 is 0 Å². The van der Waals surface area contributed by atoms with Crippen LogP contribution in [0.1, 0.15) is 24.8 Å². The van der Waals surface area contributed by atoms with E-state index in [1.165, 1.54) is 19.3 Å². The second kappa shape index (κ2) is 7.16. The second-order valence-corrected chi connectivity index (χ2v) is 5.89. The molecule has 2 nitrogen and oxygen atoms in total. The quantitative estimate of drug-likeness (QED) is 0.826. The smallest absolute Gasteiger partial charge is 0.224 e. The van der Waals surface area contributed by atoms with Gasteiger partial charge in [0.2, 0.25) is 5.91 Å². The third kappa shape index (κ3) is 4.12. The summed E-state index contributed by atoms with van der Waals surface area (Å²) in [6.45, 7) is 0.737. The summed E-state index contributed by atoms with van der Waals surface area (Å²) >= 11 is 12.0. The van der Waals surface area contributed by atoms with Crippen molar-refractivity contribution < 1.29 is 4.79 Å². The summed E-state index contributed by atoms with van der Waals surface area (Å²) in [5, 5.41) is 3.66. The molecule has 0 aliphatic heterocycles. The summed E-state index contributed by atoms with van der Waals surface area (Å²) in [4.78, 5) is 11.9. The van der Waals surface area contributed by atoms with Crippen LogP contribution in [-0.2, 0) is 11.2 Å². The van der Waals surface area contributed by atoms with Gasteiger partial charge in [0, 0.05) is 17.4 Å². The Bertz CT molecular complexity index is 436. The maximum Gasteiger partial charge on any atom is 0.224 e. The minimum absolute atomic E-state index is 0.0355. The topological polar surface area (TPSA) is 29.1 Å². The monoisotopic (exact) mass is 299 g/mol. The van der Waals surface area contributed by atoms with Gasteiger partial charge in [0.1, 0.15) is 0 Å². The van der Waals surface area contributed by atoms with Crippen molar-refractivity contribution in [3.05, 3.63) is 34.9 Å².